The van der Waals surface area contributed by atoms with Gasteiger partial charge in [0.25, 0.3) is 0 Å². The Morgan fingerprint density at radius 1 is 0.471 bits per heavy atom. The molecule has 0 aliphatic heterocycles. The predicted octanol–water partition coefficient (Wildman–Crippen LogP) is 6.23. The molecule has 2 aliphatic rings. The second kappa shape index (κ2) is 7.56. The van der Waals surface area contributed by atoms with Crippen LogP contribution in [0, 0.1) is 0 Å². The second-order valence-electron chi connectivity index (χ2n) is 8.28. The highest BCUT2D eigenvalue weighted by Crippen LogP contribution is 2.55. The molecule has 0 heterocycles. The SMILES string of the molecule is COC(=O)c1cccc2c1/C(=C1\c3ccccc3-c3cccc(C(=O)OC)c31)c1ccccc1-2. The third kappa shape index (κ3) is 2.66. The second-order valence-corrected chi connectivity index (χ2v) is 8.28. The molecule has 0 bridgehead atoms. The Kier molecular flexibility index (Phi) is 4.49. The quantitative estimate of drug-likeness (QED) is 0.297. The lowest BCUT2D eigenvalue weighted by Crippen LogP contribution is -2.07. The van der Waals surface area contributed by atoms with Crippen LogP contribution in [0.1, 0.15) is 43.0 Å². The van der Waals surface area contributed by atoms with Crippen molar-refractivity contribution in [1.29, 1.82) is 0 Å². The molecule has 0 atom stereocenters. The van der Waals surface area contributed by atoms with E-state index in [1.165, 1.54) is 14.2 Å². The molecule has 0 fully saturated rings. The maximum absolute atomic E-state index is 12.9. The fourth-order valence-electron chi connectivity index (χ4n) is 5.31. The minimum atomic E-state index is -0.393. The first kappa shape index (κ1) is 20.2. The van der Waals surface area contributed by atoms with Crippen molar-refractivity contribution in [2.24, 2.45) is 0 Å². The van der Waals surface area contributed by atoms with Crippen molar-refractivity contribution < 1.29 is 19.1 Å². The Bertz CT molecular complexity index is 1440. The molecule has 164 valence electrons. The van der Waals surface area contributed by atoms with Gasteiger partial charge in [0.1, 0.15) is 0 Å². The van der Waals surface area contributed by atoms with Crippen molar-refractivity contribution in [1.82, 2.24) is 0 Å². The molecule has 0 unspecified atom stereocenters. The van der Waals surface area contributed by atoms with E-state index in [0.29, 0.717) is 11.1 Å². The zero-order chi connectivity index (χ0) is 23.4. The molecule has 0 saturated carbocycles. The zero-order valence-electron chi connectivity index (χ0n) is 18.7. The Balaban J connectivity index is 1.83. The fourth-order valence-corrected chi connectivity index (χ4v) is 5.31. The number of hydrogen-bond donors (Lipinski definition) is 0. The van der Waals surface area contributed by atoms with Crippen LogP contribution in [-0.4, -0.2) is 26.2 Å². The third-order valence-corrected chi connectivity index (χ3v) is 6.66. The lowest BCUT2D eigenvalue weighted by atomic mass is 9.88. The molecule has 0 amide bonds. The van der Waals surface area contributed by atoms with Crippen LogP contribution >= 0.6 is 0 Å². The minimum Gasteiger partial charge on any atom is -0.465 e. The number of methoxy groups -OCH3 is 2. The van der Waals surface area contributed by atoms with Crippen LogP contribution in [0.2, 0.25) is 0 Å². The molecule has 0 aromatic heterocycles. The number of fused-ring (bicyclic) bond motifs is 6. The number of carbonyl (C=O) groups is 2. The van der Waals surface area contributed by atoms with E-state index in [1.807, 2.05) is 48.5 Å². The summed E-state index contributed by atoms with van der Waals surface area (Å²) in [5, 5.41) is 0. The highest BCUT2D eigenvalue weighted by atomic mass is 16.5. The van der Waals surface area contributed by atoms with Gasteiger partial charge in [-0.1, -0.05) is 72.8 Å². The van der Waals surface area contributed by atoms with E-state index in [0.717, 1.165) is 55.7 Å². The van der Waals surface area contributed by atoms with E-state index in [4.69, 9.17) is 9.47 Å². The molecular formula is C30H20O4. The number of benzene rings is 4. The maximum atomic E-state index is 12.9. The molecule has 0 N–H and O–H groups in total. The first-order valence-corrected chi connectivity index (χ1v) is 11.0. The molecule has 34 heavy (non-hydrogen) atoms. The molecule has 4 aromatic carbocycles. The van der Waals surface area contributed by atoms with Gasteiger partial charge >= 0.3 is 11.9 Å². The van der Waals surface area contributed by atoms with Crippen molar-refractivity contribution in [3.63, 3.8) is 0 Å². The van der Waals surface area contributed by atoms with Gasteiger partial charge in [0.05, 0.1) is 25.3 Å². The molecule has 4 nitrogen and oxygen atoms in total. The molecule has 4 heteroatoms. The van der Waals surface area contributed by atoms with Gasteiger partial charge in [-0.15, -0.1) is 0 Å². The molecule has 0 saturated heterocycles. The van der Waals surface area contributed by atoms with Gasteiger partial charge in [0.15, 0.2) is 0 Å². The zero-order valence-corrected chi connectivity index (χ0v) is 18.7. The number of rotatable bonds is 2. The highest BCUT2D eigenvalue weighted by molar-refractivity contribution is 6.23. The van der Waals surface area contributed by atoms with E-state index in [9.17, 15) is 9.59 Å². The molecular weight excluding hydrogens is 424 g/mol. The number of esters is 2. The molecule has 6 rings (SSSR count). The van der Waals surface area contributed by atoms with Crippen LogP contribution in [0.4, 0.5) is 0 Å². The predicted molar refractivity (Wildman–Crippen MR) is 131 cm³/mol. The van der Waals surface area contributed by atoms with E-state index in [-0.39, 0.29) is 0 Å². The summed E-state index contributed by atoms with van der Waals surface area (Å²) >= 11 is 0. The average Bonchev–Trinajstić information content (AvgIpc) is 3.40. The van der Waals surface area contributed by atoms with Crippen LogP contribution in [0.5, 0.6) is 0 Å². The first-order valence-electron chi connectivity index (χ1n) is 11.0. The molecule has 0 radical (unpaired) electrons. The summed E-state index contributed by atoms with van der Waals surface area (Å²) in [6, 6.07) is 27.7. The van der Waals surface area contributed by atoms with Crippen LogP contribution < -0.4 is 0 Å². The Morgan fingerprint density at radius 3 is 1.21 bits per heavy atom. The summed E-state index contributed by atoms with van der Waals surface area (Å²) in [6.45, 7) is 0. The summed E-state index contributed by atoms with van der Waals surface area (Å²) < 4.78 is 10.3. The van der Waals surface area contributed by atoms with Crippen molar-refractivity contribution in [2.75, 3.05) is 14.2 Å². The normalized spacial score (nSPS) is 14.6. The molecule has 2 aliphatic carbocycles. The summed E-state index contributed by atoms with van der Waals surface area (Å²) in [7, 11) is 2.79. The third-order valence-electron chi connectivity index (χ3n) is 6.66. The van der Waals surface area contributed by atoms with E-state index in [2.05, 4.69) is 24.3 Å². The van der Waals surface area contributed by atoms with Crippen LogP contribution in [0.3, 0.4) is 0 Å². The van der Waals surface area contributed by atoms with E-state index in [1.54, 1.807) is 12.1 Å². The van der Waals surface area contributed by atoms with Crippen molar-refractivity contribution >= 4 is 23.1 Å². The molecule has 4 aromatic rings. The highest BCUT2D eigenvalue weighted by Gasteiger charge is 2.36. The number of hydrogen-bond acceptors (Lipinski definition) is 4. The largest absolute Gasteiger partial charge is 0.465 e. The van der Waals surface area contributed by atoms with Gasteiger partial charge < -0.3 is 9.47 Å². The van der Waals surface area contributed by atoms with Gasteiger partial charge in [-0.2, -0.15) is 0 Å². The Morgan fingerprint density at radius 2 is 0.824 bits per heavy atom. The van der Waals surface area contributed by atoms with Crippen molar-refractivity contribution in [2.45, 2.75) is 0 Å². The monoisotopic (exact) mass is 444 g/mol. The van der Waals surface area contributed by atoms with Crippen LogP contribution in [-0.2, 0) is 9.47 Å². The summed E-state index contributed by atoms with van der Waals surface area (Å²) in [5.41, 5.74) is 10.6. The van der Waals surface area contributed by atoms with Gasteiger partial charge in [-0.25, -0.2) is 9.59 Å². The van der Waals surface area contributed by atoms with Gasteiger partial charge in [0.2, 0.25) is 0 Å². The first-order chi connectivity index (χ1) is 16.7. The van der Waals surface area contributed by atoms with Crippen LogP contribution in [0.15, 0.2) is 84.9 Å². The van der Waals surface area contributed by atoms with Gasteiger partial charge in [-0.05, 0) is 56.7 Å². The lowest BCUT2D eigenvalue weighted by Gasteiger charge is -2.15. The topological polar surface area (TPSA) is 52.6 Å². The Labute approximate surface area is 197 Å². The van der Waals surface area contributed by atoms with Gasteiger partial charge in [0, 0.05) is 11.1 Å². The smallest absolute Gasteiger partial charge is 0.338 e. The van der Waals surface area contributed by atoms with Gasteiger partial charge in [-0.3, -0.25) is 0 Å². The minimum absolute atomic E-state index is 0.393. The summed E-state index contributed by atoms with van der Waals surface area (Å²) in [4.78, 5) is 25.8. The van der Waals surface area contributed by atoms with Crippen LogP contribution in [0.25, 0.3) is 33.4 Å². The lowest BCUT2D eigenvalue weighted by molar-refractivity contribution is 0.0591. The summed E-state index contributed by atoms with van der Waals surface area (Å²) in [6.07, 6.45) is 0. The van der Waals surface area contributed by atoms with Crippen molar-refractivity contribution in [3.05, 3.63) is 118 Å². The summed E-state index contributed by atoms with van der Waals surface area (Å²) in [5.74, 6) is -0.786. The standard InChI is InChI=1S/C30H20O4/c1-33-29(31)23-15-7-13-19-17-9-3-5-11-21(17)27(25(19)23)28-22-12-6-4-10-18(22)20-14-8-16-24(26(20)28)30(32)34-2/h3-16H,1-2H3/b28-27+. The van der Waals surface area contributed by atoms with E-state index < -0.39 is 11.9 Å². The average molecular weight is 444 g/mol. The van der Waals surface area contributed by atoms with E-state index >= 15 is 0 Å². The molecule has 0 spiro atoms. The fraction of sp³-hybridized carbons (Fsp3) is 0.0667. The number of ether oxygens (including phenoxy) is 2. The Hall–Kier alpha value is -4.44. The number of carbonyl (C=O) groups excluding carboxylic acids is 2. The van der Waals surface area contributed by atoms with Crippen molar-refractivity contribution in [3.8, 4) is 22.3 Å². The maximum Gasteiger partial charge on any atom is 0.338 e.